The average Bonchev–Trinajstić information content (AvgIpc) is 2.86. The highest BCUT2D eigenvalue weighted by Gasteiger charge is 2.16. The van der Waals surface area contributed by atoms with Gasteiger partial charge in [0, 0.05) is 5.69 Å². The van der Waals surface area contributed by atoms with Crippen molar-refractivity contribution in [3.63, 3.8) is 0 Å². The van der Waals surface area contributed by atoms with Crippen LogP contribution >= 0.6 is 23.1 Å². The Labute approximate surface area is 118 Å². The van der Waals surface area contributed by atoms with E-state index in [1.807, 2.05) is 0 Å². The summed E-state index contributed by atoms with van der Waals surface area (Å²) in [5.74, 6) is -0.523. The SMILES string of the molecule is Cc1ccc(NC(=O)C(C)Sc2nncs2)cc1F. The van der Waals surface area contributed by atoms with Crippen LogP contribution < -0.4 is 5.32 Å². The second kappa shape index (κ2) is 6.12. The number of carbonyl (C=O) groups excluding carboxylic acids is 1. The van der Waals surface area contributed by atoms with Crippen molar-refractivity contribution in [3.8, 4) is 0 Å². The van der Waals surface area contributed by atoms with Crippen molar-refractivity contribution in [1.29, 1.82) is 0 Å². The molecule has 1 aromatic carbocycles. The van der Waals surface area contributed by atoms with E-state index in [1.54, 1.807) is 31.5 Å². The van der Waals surface area contributed by atoms with Crippen molar-refractivity contribution in [3.05, 3.63) is 35.1 Å². The lowest BCUT2D eigenvalue weighted by atomic mass is 10.2. The molecule has 1 atom stereocenters. The van der Waals surface area contributed by atoms with Crippen LogP contribution in [-0.2, 0) is 4.79 Å². The first-order chi connectivity index (χ1) is 9.06. The predicted octanol–water partition coefficient (Wildman–Crippen LogP) is 3.10. The van der Waals surface area contributed by atoms with E-state index in [2.05, 4.69) is 15.5 Å². The van der Waals surface area contributed by atoms with Gasteiger partial charge in [-0.15, -0.1) is 10.2 Å². The molecule has 19 heavy (non-hydrogen) atoms. The smallest absolute Gasteiger partial charge is 0.237 e. The average molecular weight is 297 g/mol. The van der Waals surface area contributed by atoms with E-state index >= 15 is 0 Å². The zero-order valence-electron chi connectivity index (χ0n) is 10.4. The van der Waals surface area contributed by atoms with Crippen LogP contribution in [0.3, 0.4) is 0 Å². The molecule has 0 spiro atoms. The number of amides is 1. The minimum absolute atomic E-state index is 0.191. The van der Waals surface area contributed by atoms with Gasteiger partial charge in [-0.1, -0.05) is 29.2 Å². The van der Waals surface area contributed by atoms with Crippen molar-refractivity contribution >= 4 is 34.7 Å². The normalized spacial score (nSPS) is 12.2. The molecule has 0 aliphatic carbocycles. The summed E-state index contributed by atoms with van der Waals surface area (Å²) in [6.45, 7) is 3.45. The zero-order valence-corrected chi connectivity index (χ0v) is 12.0. The molecule has 0 aliphatic heterocycles. The number of aromatic nitrogens is 2. The molecule has 0 bridgehead atoms. The molecular weight excluding hydrogens is 285 g/mol. The number of benzene rings is 1. The Bertz CT molecular complexity index is 574. The van der Waals surface area contributed by atoms with Crippen molar-refractivity contribution in [1.82, 2.24) is 10.2 Å². The minimum atomic E-state index is -0.331. The maximum absolute atomic E-state index is 13.4. The Morgan fingerprint density at radius 2 is 2.32 bits per heavy atom. The maximum Gasteiger partial charge on any atom is 0.237 e. The summed E-state index contributed by atoms with van der Waals surface area (Å²) >= 11 is 2.70. The van der Waals surface area contributed by atoms with E-state index in [1.165, 1.54) is 29.2 Å². The molecule has 1 N–H and O–H groups in total. The first kappa shape index (κ1) is 14.0. The second-order valence-corrected chi connectivity index (χ2v) is 6.34. The number of rotatable bonds is 4. The van der Waals surface area contributed by atoms with E-state index in [0.717, 1.165) is 4.34 Å². The summed E-state index contributed by atoms with van der Waals surface area (Å²) in [7, 11) is 0. The molecule has 2 aromatic rings. The van der Waals surface area contributed by atoms with Crippen LogP contribution in [0.15, 0.2) is 28.0 Å². The van der Waals surface area contributed by atoms with Gasteiger partial charge in [0.15, 0.2) is 4.34 Å². The highest BCUT2D eigenvalue weighted by atomic mass is 32.2. The van der Waals surface area contributed by atoms with Gasteiger partial charge in [-0.25, -0.2) is 4.39 Å². The topological polar surface area (TPSA) is 54.9 Å². The molecule has 0 aliphatic rings. The highest BCUT2D eigenvalue weighted by Crippen LogP contribution is 2.25. The number of anilines is 1. The van der Waals surface area contributed by atoms with Crippen LogP contribution in [0.2, 0.25) is 0 Å². The Morgan fingerprint density at radius 3 is 2.95 bits per heavy atom. The number of hydrogen-bond donors (Lipinski definition) is 1. The van der Waals surface area contributed by atoms with Gasteiger partial charge in [0.2, 0.25) is 5.91 Å². The molecule has 0 radical (unpaired) electrons. The van der Waals surface area contributed by atoms with Crippen LogP contribution in [0.25, 0.3) is 0 Å². The molecule has 0 saturated carbocycles. The van der Waals surface area contributed by atoms with E-state index in [4.69, 9.17) is 0 Å². The number of nitrogens with one attached hydrogen (secondary N) is 1. The molecule has 1 amide bonds. The minimum Gasteiger partial charge on any atom is -0.325 e. The van der Waals surface area contributed by atoms with Gasteiger partial charge in [-0.2, -0.15) is 0 Å². The lowest BCUT2D eigenvalue weighted by Crippen LogP contribution is -2.22. The summed E-state index contributed by atoms with van der Waals surface area (Å²) < 4.78 is 14.1. The van der Waals surface area contributed by atoms with Crippen LogP contribution in [0, 0.1) is 12.7 Å². The third-order valence-electron chi connectivity index (χ3n) is 2.43. The van der Waals surface area contributed by atoms with E-state index in [-0.39, 0.29) is 17.0 Å². The van der Waals surface area contributed by atoms with Crippen LogP contribution in [-0.4, -0.2) is 21.4 Å². The lowest BCUT2D eigenvalue weighted by molar-refractivity contribution is -0.115. The van der Waals surface area contributed by atoms with E-state index in [9.17, 15) is 9.18 Å². The van der Waals surface area contributed by atoms with Crippen molar-refractivity contribution in [2.75, 3.05) is 5.32 Å². The number of thioether (sulfide) groups is 1. The van der Waals surface area contributed by atoms with Crippen molar-refractivity contribution in [2.45, 2.75) is 23.4 Å². The number of halogens is 1. The van der Waals surface area contributed by atoms with Gasteiger partial charge >= 0.3 is 0 Å². The fourth-order valence-corrected chi connectivity index (χ4v) is 2.96. The van der Waals surface area contributed by atoms with Gasteiger partial charge in [0.1, 0.15) is 11.3 Å². The summed E-state index contributed by atoms with van der Waals surface area (Å²) in [6.07, 6.45) is 0. The fraction of sp³-hybridized carbons (Fsp3) is 0.250. The third kappa shape index (κ3) is 3.74. The molecule has 7 heteroatoms. The van der Waals surface area contributed by atoms with Gasteiger partial charge in [0.05, 0.1) is 5.25 Å². The number of aryl methyl sites for hydroxylation is 1. The lowest BCUT2D eigenvalue weighted by Gasteiger charge is -2.10. The molecule has 4 nitrogen and oxygen atoms in total. The van der Waals surface area contributed by atoms with Crippen molar-refractivity contribution in [2.24, 2.45) is 0 Å². The number of nitrogens with zero attached hydrogens (tertiary/aromatic N) is 2. The van der Waals surface area contributed by atoms with E-state index in [0.29, 0.717) is 11.3 Å². The summed E-state index contributed by atoms with van der Waals surface area (Å²) in [5.41, 5.74) is 2.62. The zero-order chi connectivity index (χ0) is 13.8. The number of carbonyl (C=O) groups is 1. The molecule has 1 unspecified atom stereocenters. The predicted molar refractivity (Wildman–Crippen MR) is 75.0 cm³/mol. The Balaban J connectivity index is 1.98. The van der Waals surface area contributed by atoms with E-state index < -0.39 is 0 Å². The summed E-state index contributed by atoms with van der Waals surface area (Å²) in [6, 6.07) is 4.63. The largest absolute Gasteiger partial charge is 0.325 e. The van der Waals surface area contributed by atoms with Crippen LogP contribution in [0.1, 0.15) is 12.5 Å². The van der Waals surface area contributed by atoms with Gasteiger partial charge in [-0.05, 0) is 31.5 Å². The number of hydrogen-bond acceptors (Lipinski definition) is 5. The van der Waals surface area contributed by atoms with Gasteiger partial charge in [-0.3, -0.25) is 4.79 Å². The maximum atomic E-state index is 13.4. The first-order valence-electron chi connectivity index (χ1n) is 5.56. The molecule has 2 rings (SSSR count). The Hall–Kier alpha value is -1.47. The summed E-state index contributed by atoms with van der Waals surface area (Å²) in [4.78, 5) is 11.9. The second-order valence-electron chi connectivity index (χ2n) is 3.92. The molecule has 1 aromatic heterocycles. The molecular formula is C12H12FN3OS2. The fourth-order valence-electron chi connectivity index (χ4n) is 1.33. The molecule has 0 fully saturated rings. The first-order valence-corrected chi connectivity index (χ1v) is 7.32. The van der Waals surface area contributed by atoms with Crippen LogP contribution in [0.5, 0.6) is 0 Å². The standard InChI is InChI=1S/C12H12FN3OS2/c1-7-3-4-9(5-10(7)13)15-11(17)8(2)19-12-16-14-6-18-12/h3-6,8H,1-2H3,(H,15,17). The summed E-state index contributed by atoms with van der Waals surface area (Å²) in [5, 5.41) is 9.93. The third-order valence-corrected chi connectivity index (χ3v) is 4.34. The Morgan fingerprint density at radius 1 is 1.53 bits per heavy atom. The quantitative estimate of drug-likeness (QED) is 0.881. The van der Waals surface area contributed by atoms with Gasteiger partial charge < -0.3 is 5.32 Å². The highest BCUT2D eigenvalue weighted by molar-refractivity contribution is 8.02. The molecule has 100 valence electrons. The van der Waals surface area contributed by atoms with Crippen molar-refractivity contribution < 1.29 is 9.18 Å². The van der Waals surface area contributed by atoms with Crippen LogP contribution in [0.4, 0.5) is 10.1 Å². The molecule has 0 saturated heterocycles. The van der Waals surface area contributed by atoms with Gasteiger partial charge in [0.25, 0.3) is 0 Å². The monoisotopic (exact) mass is 297 g/mol. The Kier molecular flexibility index (Phi) is 4.49. The molecule has 1 heterocycles.